The van der Waals surface area contributed by atoms with Crippen LogP contribution in [0, 0.1) is 11.7 Å². The van der Waals surface area contributed by atoms with Crippen LogP contribution in [-0.2, 0) is 13.0 Å². The van der Waals surface area contributed by atoms with Gasteiger partial charge < -0.3 is 15.2 Å². The Hall–Kier alpha value is -2.70. The smallest absolute Gasteiger partial charge is 0.287 e. The number of carbonyl (C=O) groups excluding carboxylic acids is 2. The second-order valence-corrected chi connectivity index (χ2v) is 7.24. The number of fused-ring (bicyclic) bond motifs is 1. The molecule has 0 bridgehead atoms. The first-order chi connectivity index (χ1) is 13.0. The minimum Gasteiger partial charge on any atom is -0.349 e. The monoisotopic (exact) mass is 372 g/mol. The highest BCUT2D eigenvalue weighted by molar-refractivity contribution is 6.05. The molecule has 144 valence electrons. The second-order valence-electron chi connectivity index (χ2n) is 7.24. The van der Waals surface area contributed by atoms with Crippen LogP contribution in [0.1, 0.15) is 59.9 Å². The van der Waals surface area contributed by atoms with Crippen molar-refractivity contribution in [3.8, 4) is 0 Å². The van der Waals surface area contributed by atoms with Crippen molar-refractivity contribution in [2.24, 2.45) is 5.92 Å². The molecule has 1 aromatic heterocycles. The summed E-state index contributed by atoms with van der Waals surface area (Å²) < 4.78 is 15.2. The number of anilines is 1. The van der Waals surface area contributed by atoms with Crippen LogP contribution in [0.15, 0.2) is 24.3 Å². The van der Waals surface area contributed by atoms with Gasteiger partial charge in [0, 0.05) is 18.8 Å². The van der Waals surface area contributed by atoms with Crippen LogP contribution in [0.2, 0.25) is 0 Å². The lowest BCUT2D eigenvalue weighted by molar-refractivity contribution is 0.0936. The Morgan fingerprint density at radius 2 is 2.07 bits per heavy atom. The van der Waals surface area contributed by atoms with Gasteiger partial charge in [-0.3, -0.25) is 9.59 Å². The Kier molecular flexibility index (Phi) is 5.88. The van der Waals surface area contributed by atoms with E-state index < -0.39 is 11.7 Å². The molecule has 2 aromatic rings. The van der Waals surface area contributed by atoms with Crippen LogP contribution in [0.3, 0.4) is 0 Å². The molecule has 27 heavy (non-hydrogen) atoms. The summed E-state index contributed by atoms with van der Waals surface area (Å²) in [6.07, 6.45) is 3.46. The Labute approximate surface area is 158 Å². The van der Waals surface area contributed by atoms with Crippen LogP contribution in [0.4, 0.5) is 10.1 Å². The molecule has 2 amide bonds. The first-order valence-electron chi connectivity index (χ1n) is 9.40. The van der Waals surface area contributed by atoms with Crippen molar-refractivity contribution in [1.29, 1.82) is 0 Å². The molecule has 0 unspecified atom stereocenters. The fraction of sp³-hybridized carbons (Fsp3) is 0.450. The van der Waals surface area contributed by atoms with Gasteiger partial charge in [0.15, 0.2) is 11.5 Å². The quantitative estimate of drug-likeness (QED) is 0.816. The zero-order valence-corrected chi connectivity index (χ0v) is 15.7. The van der Waals surface area contributed by atoms with E-state index in [-0.39, 0.29) is 17.4 Å². The zero-order chi connectivity index (χ0) is 19.4. The summed E-state index contributed by atoms with van der Waals surface area (Å²) in [7, 11) is 0. The molecule has 1 aromatic carbocycles. The molecule has 2 heterocycles. The van der Waals surface area contributed by atoms with Gasteiger partial charge in [0.2, 0.25) is 0 Å². The topological polar surface area (TPSA) is 76.0 Å². The summed E-state index contributed by atoms with van der Waals surface area (Å²) >= 11 is 0. The van der Waals surface area contributed by atoms with Gasteiger partial charge in [0.05, 0.1) is 5.69 Å². The maximum atomic E-state index is 13.4. The molecule has 0 saturated carbocycles. The minimum absolute atomic E-state index is 0.243. The van der Waals surface area contributed by atoms with Crippen molar-refractivity contribution in [2.45, 2.75) is 46.1 Å². The number of hydrogen-bond acceptors (Lipinski definition) is 3. The third-order valence-corrected chi connectivity index (χ3v) is 4.63. The van der Waals surface area contributed by atoms with Crippen LogP contribution < -0.4 is 10.6 Å². The van der Waals surface area contributed by atoms with Gasteiger partial charge in [0.25, 0.3) is 11.8 Å². The molecule has 0 atom stereocenters. The number of benzene rings is 1. The Bertz CT molecular complexity index is 845. The molecular formula is C20H25FN4O2. The van der Waals surface area contributed by atoms with Crippen LogP contribution in [-0.4, -0.2) is 27.9 Å². The van der Waals surface area contributed by atoms with Gasteiger partial charge in [-0.15, -0.1) is 0 Å². The zero-order valence-electron chi connectivity index (χ0n) is 15.7. The van der Waals surface area contributed by atoms with Crippen LogP contribution in [0.25, 0.3) is 0 Å². The number of nitrogens with one attached hydrogen (secondary N) is 2. The lowest BCUT2D eigenvalue weighted by Crippen LogP contribution is -2.29. The van der Waals surface area contributed by atoms with E-state index in [9.17, 15) is 14.0 Å². The van der Waals surface area contributed by atoms with E-state index in [1.807, 2.05) is 4.57 Å². The molecule has 1 aliphatic rings. The first kappa shape index (κ1) is 19.1. The van der Waals surface area contributed by atoms with Crippen molar-refractivity contribution in [1.82, 2.24) is 14.9 Å². The summed E-state index contributed by atoms with van der Waals surface area (Å²) in [6.45, 7) is 5.43. The molecule has 0 fully saturated rings. The summed E-state index contributed by atoms with van der Waals surface area (Å²) in [5.74, 6) is -0.342. The Morgan fingerprint density at radius 3 is 2.81 bits per heavy atom. The van der Waals surface area contributed by atoms with Crippen molar-refractivity contribution in [3.63, 3.8) is 0 Å². The predicted octanol–water partition coefficient (Wildman–Crippen LogP) is 3.39. The maximum absolute atomic E-state index is 13.4. The molecule has 7 heteroatoms. The minimum atomic E-state index is -0.426. The fourth-order valence-electron chi connectivity index (χ4n) is 3.21. The number of carbonyl (C=O) groups is 2. The van der Waals surface area contributed by atoms with E-state index in [2.05, 4.69) is 29.5 Å². The summed E-state index contributed by atoms with van der Waals surface area (Å²) in [5.41, 5.74) is 1.37. The summed E-state index contributed by atoms with van der Waals surface area (Å²) in [4.78, 5) is 29.6. The maximum Gasteiger partial charge on any atom is 0.287 e. The molecule has 1 aliphatic heterocycles. The van der Waals surface area contributed by atoms with Crippen molar-refractivity contribution < 1.29 is 14.0 Å². The van der Waals surface area contributed by atoms with Gasteiger partial charge in [-0.2, -0.15) is 0 Å². The van der Waals surface area contributed by atoms with Gasteiger partial charge in [-0.1, -0.05) is 19.9 Å². The first-order valence-corrected chi connectivity index (χ1v) is 9.40. The Balaban J connectivity index is 1.82. The van der Waals surface area contributed by atoms with Crippen molar-refractivity contribution in [3.05, 3.63) is 47.3 Å². The van der Waals surface area contributed by atoms with Gasteiger partial charge in [-0.05, 0) is 49.8 Å². The second kappa shape index (κ2) is 8.33. The molecule has 6 nitrogen and oxygen atoms in total. The molecule has 0 radical (unpaired) electrons. The van der Waals surface area contributed by atoms with Crippen LogP contribution >= 0.6 is 0 Å². The van der Waals surface area contributed by atoms with E-state index in [1.165, 1.54) is 18.2 Å². The summed E-state index contributed by atoms with van der Waals surface area (Å²) in [6, 6.07) is 5.71. The number of amides is 2. The van der Waals surface area contributed by atoms with E-state index in [0.29, 0.717) is 31.1 Å². The van der Waals surface area contributed by atoms with Gasteiger partial charge >= 0.3 is 0 Å². The summed E-state index contributed by atoms with van der Waals surface area (Å²) in [5, 5.41) is 5.56. The Morgan fingerprint density at radius 1 is 1.26 bits per heavy atom. The van der Waals surface area contributed by atoms with Crippen molar-refractivity contribution >= 4 is 17.5 Å². The third-order valence-electron chi connectivity index (χ3n) is 4.63. The molecule has 0 aliphatic carbocycles. The molecule has 3 rings (SSSR count). The average molecular weight is 372 g/mol. The normalized spacial score (nSPS) is 13.3. The van der Waals surface area contributed by atoms with E-state index in [0.717, 1.165) is 25.0 Å². The van der Waals surface area contributed by atoms with Crippen molar-refractivity contribution in [2.75, 3.05) is 11.9 Å². The van der Waals surface area contributed by atoms with Crippen LogP contribution in [0.5, 0.6) is 0 Å². The molecule has 0 spiro atoms. The highest BCUT2D eigenvalue weighted by Crippen LogP contribution is 2.22. The lowest BCUT2D eigenvalue weighted by Gasteiger charge is -2.17. The number of imidazole rings is 1. The highest BCUT2D eigenvalue weighted by atomic mass is 19.1. The number of hydrogen-bond donors (Lipinski definition) is 2. The fourth-order valence-corrected chi connectivity index (χ4v) is 3.21. The van der Waals surface area contributed by atoms with E-state index in [4.69, 9.17) is 0 Å². The van der Waals surface area contributed by atoms with Gasteiger partial charge in [-0.25, -0.2) is 9.37 Å². The number of rotatable bonds is 6. The molecular weight excluding hydrogens is 347 g/mol. The number of aromatic nitrogens is 2. The van der Waals surface area contributed by atoms with Gasteiger partial charge in [0.1, 0.15) is 5.82 Å². The average Bonchev–Trinajstić information content (AvgIpc) is 3.01. The molecule has 2 N–H and O–H groups in total. The lowest BCUT2D eigenvalue weighted by atomic mass is 10.1. The predicted molar refractivity (Wildman–Crippen MR) is 101 cm³/mol. The number of halogens is 1. The highest BCUT2D eigenvalue weighted by Gasteiger charge is 2.27. The largest absolute Gasteiger partial charge is 0.349 e. The molecule has 0 saturated heterocycles. The third kappa shape index (κ3) is 4.53. The number of nitrogens with zero attached hydrogens (tertiary/aromatic N) is 2. The SMILES string of the molecule is CC(C)CCNC(=O)c1nc(C(=O)Nc2cccc(F)c2)c2n1CCCC2. The standard InChI is InChI=1S/C20H25FN4O2/c1-13(2)9-10-22-20(27)18-24-17(16-8-3-4-11-25(16)18)19(26)23-15-7-5-6-14(21)12-15/h5-7,12-13H,3-4,8-11H2,1-2H3,(H,22,27)(H,23,26). The van der Waals surface area contributed by atoms with E-state index >= 15 is 0 Å². The van der Waals surface area contributed by atoms with E-state index in [1.54, 1.807) is 6.07 Å².